The largest absolute Gasteiger partial charge is 0.491 e. The van der Waals surface area contributed by atoms with Crippen molar-refractivity contribution in [1.29, 1.82) is 0 Å². The minimum absolute atomic E-state index is 0.0951. The van der Waals surface area contributed by atoms with Gasteiger partial charge in [-0.25, -0.2) is 14.4 Å². The standard InChI is InChI=1S/C16H16F2N2O/c1-3-5-6-14-19-9-11(10-20-14)12-7-8-13(21-4-2)16(18)15(12)17/h3,7-10H,1,4-6H2,2H3. The molecule has 0 fully saturated rings. The number of halogens is 2. The summed E-state index contributed by atoms with van der Waals surface area (Å²) in [5.41, 5.74) is 0.544. The first-order valence-electron chi connectivity index (χ1n) is 6.70. The molecule has 0 aliphatic heterocycles. The summed E-state index contributed by atoms with van der Waals surface area (Å²) in [4.78, 5) is 8.29. The number of nitrogens with zero attached hydrogens (tertiary/aromatic N) is 2. The second kappa shape index (κ2) is 6.92. The maximum absolute atomic E-state index is 14.1. The van der Waals surface area contributed by atoms with Gasteiger partial charge in [-0.15, -0.1) is 6.58 Å². The zero-order valence-corrected chi connectivity index (χ0v) is 11.8. The quantitative estimate of drug-likeness (QED) is 0.756. The lowest BCUT2D eigenvalue weighted by Crippen LogP contribution is -2.00. The van der Waals surface area contributed by atoms with Crippen molar-refractivity contribution in [2.75, 3.05) is 6.61 Å². The molecule has 0 aliphatic carbocycles. The van der Waals surface area contributed by atoms with Crippen molar-refractivity contribution in [2.45, 2.75) is 19.8 Å². The third-order valence-electron chi connectivity index (χ3n) is 2.94. The van der Waals surface area contributed by atoms with Gasteiger partial charge in [-0.3, -0.25) is 0 Å². The van der Waals surface area contributed by atoms with E-state index in [1.54, 1.807) is 13.0 Å². The minimum Gasteiger partial charge on any atom is -0.491 e. The third-order valence-corrected chi connectivity index (χ3v) is 2.94. The van der Waals surface area contributed by atoms with Gasteiger partial charge in [-0.1, -0.05) is 6.08 Å². The molecule has 0 N–H and O–H groups in total. The van der Waals surface area contributed by atoms with Crippen LogP contribution in [-0.4, -0.2) is 16.6 Å². The summed E-state index contributed by atoms with van der Waals surface area (Å²) in [5, 5.41) is 0. The molecule has 0 atom stereocenters. The molecule has 0 radical (unpaired) electrons. The fourth-order valence-corrected chi connectivity index (χ4v) is 1.88. The summed E-state index contributed by atoms with van der Waals surface area (Å²) < 4.78 is 32.9. The number of allylic oxidation sites excluding steroid dienone is 1. The molecular weight excluding hydrogens is 274 g/mol. The van der Waals surface area contributed by atoms with Crippen LogP contribution < -0.4 is 4.74 Å². The molecule has 0 bridgehead atoms. The summed E-state index contributed by atoms with van der Waals surface area (Å²) in [5.74, 6) is -1.40. The predicted molar refractivity (Wildman–Crippen MR) is 77.1 cm³/mol. The summed E-state index contributed by atoms with van der Waals surface area (Å²) in [6, 6.07) is 2.87. The lowest BCUT2D eigenvalue weighted by atomic mass is 10.1. The topological polar surface area (TPSA) is 35.0 Å². The Kier molecular flexibility index (Phi) is 4.98. The molecule has 2 aromatic rings. The molecule has 1 aromatic heterocycles. The van der Waals surface area contributed by atoms with Gasteiger partial charge in [0.1, 0.15) is 5.82 Å². The summed E-state index contributed by atoms with van der Waals surface area (Å²) in [6.07, 6.45) is 6.20. The summed E-state index contributed by atoms with van der Waals surface area (Å²) >= 11 is 0. The highest BCUT2D eigenvalue weighted by molar-refractivity contribution is 5.63. The van der Waals surface area contributed by atoms with Crippen LogP contribution in [0.4, 0.5) is 8.78 Å². The number of hydrogen-bond acceptors (Lipinski definition) is 3. The fraction of sp³-hybridized carbons (Fsp3) is 0.250. The third kappa shape index (κ3) is 3.42. The maximum Gasteiger partial charge on any atom is 0.201 e. The SMILES string of the molecule is C=CCCc1ncc(-c2ccc(OCC)c(F)c2F)cn1. The molecule has 3 nitrogen and oxygen atoms in total. The zero-order chi connectivity index (χ0) is 15.2. The van der Waals surface area contributed by atoms with E-state index < -0.39 is 11.6 Å². The first-order chi connectivity index (χ1) is 10.2. The van der Waals surface area contributed by atoms with E-state index in [0.29, 0.717) is 17.8 Å². The van der Waals surface area contributed by atoms with Crippen molar-refractivity contribution < 1.29 is 13.5 Å². The molecule has 0 saturated heterocycles. The van der Waals surface area contributed by atoms with Crippen molar-refractivity contribution in [3.63, 3.8) is 0 Å². The molecule has 110 valence electrons. The van der Waals surface area contributed by atoms with E-state index in [0.717, 1.165) is 6.42 Å². The van der Waals surface area contributed by atoms with E-state index in [4.69, 9.17) is 4.74 Å². The van der Waals surface area contributed by atoms with Crippen molar-refractivity contribution >= 4 is 0 Å². The highest BCUT2D eigenvalue weighted by Gasteiger charge is 2.16. The number of rotatable bonds is 6. The van der Waals surface area contributed by atoms with Crippen molar-refractivity contribution in [2.24, 2.45) is 0 Å². The monoisotopic (exact) mass is 290 g/mol. The zero-order valence-electron chi connectivity index (χ0n) is 11.8. The van der Waals surface area contributed by atoms with Crippen LogP contribution in [0.3, 0.4) is 0 Å². The molecule has 0 spiro atoms. The number of aromatic nitrogens is 2. The summed E-state index contributed by atoms with van der Waals surface area (Å²) in [6.45, 7) is 5.61. The molecule has 0 aliphatic rings. The van der Waals surface area contributed by atoms with Crippen LogP contribution in [0.25, 0.3) is 11.1 Å². The van der Waals surface area contributed by atoms with E-state index >= 15 is 0 Å². The molecule has 0 saturated carbocycles. The average molecular weight is 290 g/mol. The molecule has 5 heteroatoms. The summed E-state index contributed by atoms with van der Waals surface area (Å²) in [7, 11) is 0. The second-order valence-electron chi connectivity index (χ2n) is 4.39. The number of aryl methyl sites for hydroxylation is 1. The van der Waals surface area contributed by atoms with Gasteiger partial charge in [0.25, 0.3) is 0 Å². The Balaban J connectivity index is 2.29. The maximum atomic E-state index is 14.1. The number of ether oxygens (including phenoxy) is 1. The minimum atomic E-state index is -0.995. The van der Waals surface area contributed by atoms with Crippen LogP contribution >= 0.6 is 0 Å². The van der Waals surface area contributed by atoms with Crippen molar-refractivity contribution in [3.05, 3.63) is 54.6 Å². The Labute approximate surface area is 122 Å². The van der Waals surface area contributed by atoms with Crippen LogP contribution in [0.1, 0.15) is 19.2 Å². The Morgan fingerprint density at radius 1 is 1.19 bits per heavy atom. The van der Waals surface area contributed by atoms with E-state index in [9.17, 15) is 8.78 Å². The molecule has 0 unspecified atom stereocenters. The fourth-order valence-electron chi connectivity index (χ4n) is 1.88. The Hall–Kier alpha value is -2.30. The van der Waals surface area contributed by atoms with Gasteiger partial charge in [0.05, 0.1) is 6.61 Å². The molecule has 1 aromatic carbocycles. The van der Waals surface area contributed by atoms with Crippen LogP contribution in [0.5, 0.6) is 5.75 Å². The highest BCUT2D eigenvalue weighted by Crippen LogP contribution is 2.29. The lowest BCUT2D eigenvalue weighted by molar-refractivity contribution is 0.314. The van der Waals surface area contributed by atoms with Crippen LogP contribution in [0, 0.1) is 11.6 Å². The average Bonchev–Trinajstić information content (AvgIpc) is 2.51. The first kappa shape index (κ1) is 15.1. The van der Waals surface area contributed by atoms with Crippen LogP contribution in [0.15, 0.2) is 37.2 Å². The second-order valence-corrected chi connectivity index (χ2v) is 4.39. The predicted octanol–water partition coefficient (Wildman–Crippen LogP) is 3.94. The smallest absolute Gasteiger partial charge is 0.201 e. The van der Waals surface area contributed by atoms with Crippen LogP contribution in [0.2, 0.25) is 0 Å². The highest BCUT2D eigenvalue weighted by atomic mass is 19.2. The van der Waals surface area contributed by atoms with E-state index in [1.807, 2.05) is 0 Å². The Bertz CT molecular complexity index is 627. The van der Waals surface area contributed by atoms with E-state index in [1.165, 1.54) is 24.5 Å². The first-order valence-corrected chi connectivity index (χ1v) is 6.70. The van der Waals surface area contributed by atoms with Crippen LogP contribution in [-0.2, 0) is 6.42 Å². The number of benzene rings is 1. The van der Waals surface area contributed by atoms with E-state index in [2.05, 4.69) is 16.5 Å². The Morgan fingerprint density at radius 2 is 1.90 bits per heavy atom. The number of hydrogen-bond donors (Lipinski definition) is 0. The van der Waals surface area contributed by atoms with Gasteiger partial charge in [-0.2, -0.15) is 4.39 Å². The Morgan fingerprint density at radius 3 is 2.52 bits per heavy atom. The van der Waals surface area contributed by atoms with Gasteiger partial charge in [0.15, 0.2) is 11.6 Å². The van der Waals surface area contributed by atoms with Gasteiger partial charge < -0.3 is 4.74 Å². The van der Waals surface area contributed by atoms with Crippen molar-refractivity contribution in [1.82, 2.24) is 9.97 Å². The van der Waals surface area contributed by atoms with Gasteiger partial charge in [0, 0.05) is 29.9 Å². The lowest BCUT2D eigenvalue weighted by Gasteiger charge is -2.09. The molecule has 2 rings (SSSR count). The van der Waals surface area contributed by atoms with E-state index in [-0.39, 0.29) is 17.9 Å². The van der Waals surface area contributed by atoms with Gasteiger partial charge in [-0.05, 0) is 25.5 Å². The molecule has 1 heterocycles. The normalized spacial score (nSPS) is 10.4. The molecular formula is C16H16F2N2O. The molecule has 21 heavy (non-hydrogen) atoms. The van der Waals surface area contributed by atoms with Crippen molar-refractivity contribution in [3.8, 4) is 16.9 Å². The van der Waals surface area contributed by atoms with Gasteiger partial charge in [0.2, 0.25) is 5.82 Å². The van der Waals surface area contributed by atoms with Gasteiger partial charge >= 0.3 is 0 Å². The molecule has 0 amide bonds.